The Bertz CT molecular complexity index is 425. The molecule has 0 amide bonds. The van der Waals surface area contributed by atoms with E-state index in [0.29, 0.717) is 12.0 Å². The Hall–Kier alpha value is -0.870. The molecule has 4 nitrogen and oxygen atoms in total. The van der Waals surface area contributed by atoms with Crippen molar-refractivity contribution in [3.8, 4) is 0 Å². The largest absolute Gasteiger partial charge is 0.366 e. The van der Waals surface area contributed by atoms with E-state index in [1.807, 2.05) is 0 Å². The van der Waals surface area contributed by atoms with Crippen molar-refractivity contribution in [2.24, 2.45) is 22.4 Å². The topological polar surface area (TPSA) is 76.4 Å². The summed E-state index contributed by atoms with van der Waals surface area (Å²) in [6.07, 6.45) is 8.78. The maximum absolute atomic E-state index is 6.66. The lowest BCUT2D eigenvalue weighted by Gasteiger charge is -2.38. The fourth-order valence-electron chi connectivity index (χ4n) is 3.37. The summed E-state index contributed by atoms with van der Waals surface area (Å²) in [7, 11) is 0. The van der Waals surface area contributed by atoms with Crippen LogP contribution in [0.25, 0.3) is 0 Å². The Labute approximate surface area is 129 Å². The molecule has 0 aromatic rings. The summed E-state index contributed by atoms with van der Waals surface area (Å²) in [4.78, 5) is 4.72. The van der Waals surface area contributed by atoms with Crippen molar-refractivity contribution in [3.63, 3.8) is 0 Å². The molecular weight excluding hydrogens is 260 g/mol. The van der Waals surface area contributed by atoms with E-state index < -0.39 is 0 Å². The smallest absolute Gasteiger partial charge is 0.122 e. The Morgan fingerprint density at radius 1 is 1.29 bits per heavy atom. The molecule has 2 aliphatic rings. The van der Waals surface area contributed by atoms with E-state index in [0.717, 1.165) is 37.2 Å². The van der Waals surface area contributed by atoms with Gasteiger partial charge in [0.1, 0.15) is 5.82 Å². The van der Waals surface area contributed by atoms with Gasteiger partial charge in [0, 0.05) is 17.3 Å². The maximum atomic E-state index is 6.66. The summed E-state index contributed by atoms with van der Waals surface area (Å²) in [5.74, 6) is 1.66. The van der Waals surface area contributed by atoms with Crippen LogP contribution in [0.1, 0.15) is 66.2 Å². The zero-order chi connectivity index (χ0) is 15.7. The molecule has 21 heavy (non-hydrogen) atoms. The van der Waals surface area contributed by atoms with Crippen molar-refractivity contribution in [1.29, 1.82) is 0 Å². The van der Waals surface area contributed by atoms with Gasteiger partial charge in [-0.1, -0.05) is 0 Å². The minimum atomic E-state index is -0.269. The van der Waals surface area contributed by atoms with Crippen molar-refractivity contribution in [3.05, 3.63) is 11.9 Å². The van der Waals surface area contributed by atoms with Crippen LogP contribution in [0.15, 0.2) is 16.9 Å². The summed E-state index contributed by atoms with van der Waals surface area (Å²) in [6, 6.07) is 0.401. The van der Waals surface area contributed by atoms with Crippen LogP contribution in [0.5, 0.6) is 0 Å². The average molecular weight is 292 g/mol. The molecule has 1 unspecified atom stereocenters. The Morgan fingerprint density at radius 2 is 1.90 bits per heavy atom. The normalized spacial score (nSPS) is 34.2. The Morgan fingerprint density at radius 3 is 2.43 bits per heavy atom. The molecule has 0 aromatic heterocycles. The molecule has 1 atom stereocenters. The summed E-state index contributed by atoms with van der Waals surface area (Å²) in [5.41, 5.74) is 13.5. The summed E-state index contributed by atoms with van der Waals surface area (Å²) in [6.45, 7) is 8.52. The van der Waals surface area contributed by atoms with E-state index in [-0.39, 0.29) is 11.1 Å². The SMILES string of the molecule is CC1=NC(NC(C)(C)C)=CCC1(N)CC1CCC(N)CC1. The first-order valence-corrected chi connectivity index (χ1v) is 8.26. The van der Waals surface area contributed by atoms with E-state index in [1.165, 1.54) is 12.8 Å². The van der Waals surface area contributed by atoms with Crippen molar-refractivity contribution in [2.75, 3.05) is 0 Å². The first-order chi connectivity index (χ1) is 9.68. The number of hydrogen-bond acceptors (Lipinski definition) is 4. The molecule has 1 saturated carbocycles. The van der Waals surface area contributed by atoms with Gasteiger partial charge < -0.3 is 16.8 Å². The van der Waals surface area contributed by atoms with Gasteiger partial charge >= 0.3 is 0 Å². The number of nitrogens with zero attached hydrogens (tertiary/aromatic N) is 1. The number of aliphatic imine (C=N–C) groups is 1. The van der Waals surface area contributed by atoms with Crippen LogP contribution in [0.3, 0.4) is 0 Å². The van der Waals surface area contributed by atoms with Gasteiger partial charge in [-0.3, -0.25) is 0 Å². The predicted octanol–water partition coefficient (Wildman–Crippen LogP) is 2.69. The lowest BCUT2D eigenvalue weighted by atomic mass is 9.75. The summed E-state index contributed by atoms with van der Waals surface area (Å²) in [5, 5.41) is 3.44. The highest BCUT2D eigenvalue weighted by molar-refractivity contribution is 5.93. The van der Waals surface area contributed by atoms with Gasteiger partial charge in [-0.15, -0.1) is 0 Å². The monoisotopic (exact) mass is 292 g/mol. The maximum Gasteiger partial charge on any atom is 0.122 e. The van der Waals surface area contributed by atoms with E-state index >= 15 is 0 Å². The second-order valence-corrected chi connectivity index (χ2v) is 8.01. The number of nitrogens with two attached hydrogens (primary N) is 2. The van der Waals surface area contributed by atoms with Gasteiger partial charge in [-0.05, 0) is 78.2 Å². The molecular formula is C17H32N4. The van der Waals surface area contributed by atoms with Crippen molar-refractivity contribution >= 4 is 5.71 Å². The average Bonchev–Trinajstić information content (AvgIpc) is 2.36. The number of nitrogens with one attached hydrogen (secondary N) is 1. The lowest BCUT2D eigenvalue weighted by Crippen LogP contribution is -2.50. The number of rotatable bonds is 3. The fourth-order valence-corrected chi connectivity index (χ4v) is 3.37. The van der Waals surface area contributed by atoms with Crippen molar-refractivity contribution in [2.45, 2.75) is 83.3 Å². The fraction of sp³-hybridized carbons (Fsp3) is 0.824. The molecule has 4 heteroatoms. The molecule has 1 heterocycles. The summed E-state index contributed by atoms with van der Waals surface area (Å²) < 4.78 is 0. The van der Waals surface area contributed by atoms with Crippen molar-refractivity contribution in [1.82, 2.24) is 5.32 Å². The highest BCUT2D eigenvalue weighted by Gasteiger charge is 2.34. The van der Waals surface area contributed by atoms with Gasteiger partial charge in [-0.2, -0.15) is 0 Å². The van der Waals surface area contributed by atoms with Crippen LogP contribution in [0.2, 0.25) is 0 Å². The van der Waals surface area contributed by atoms with Crippen LogP contribution >= 0.6 is 0 Å². The van der Waals surface area contributed by atoms with Crippen LogP contribution in [-0.2, 0) is 0 Å². The van der Waals surface area contributed by atoms with Gasteiger partial charge in [0.25, 0.3) is 0 Å². The molecule has 0 bridgehead atoms. The first kappa shape index (κ1) is 16.5. The van der Waals surface area contributed by atoms with E-state index in [2.05, 4.69) is 39.1 Å². The third kappa shape index (κ3) is 4.55. The number of hydrogen-bond donors (Lipinski definition) is 3. The molecule has 5 N–H and O–H groups in total. The third-order valence-electron chi connectivity index (χ3n) is 4.72. The first-order valence-electron chi connectivity index (χ1n) is 8.26. The van der Waals surface area contributed by atoms with E-state index in [9.17, 15) is 0 Å². The third-order valence-corrected chi connectivity index (χ3v) is 4.72. The van der Waals surface area contributed by atoms with Crippen LogP contribution in [0.4, 0.5) is 0 Å². The lowest BCUT2D eigenvalue weighted by molar-refractivity contribution is 0.275. The predicted molar refractivity (Wildman–Crippen MR) is 90.2 cm³/mol. The minimum absolute atomic E-state index is 0.0315. The molecule has 0 saturated heterocycles. The van der Waals surface area contributed by atoms with Crippen LogP contribution in [-0.4, -0.2) is 22.8 Å². The van der Waals surface area contributed by atoms with E-state index in [4.69, 9.17) is 16.5 Å². The van der Waals surface area contributed by atoms with Gasteiger partial charge in [0.2, 0.25) is 0 Å². The standard InChI is InChI=1S/C17H32N4/c1-12-17(19,11-13-5-7-14(18)8-6-13)10-9-15(20-12)21-16(2,3)4/h9,13-14,21H,5-8,10-11,18-19H2,1-4H3. The molecule has 120 valence electrons. The van der Waals surface area contributed by atoms with Crippen LogP contribution in [0, 0.1) is 5.92 Å². The molecule has 0 spiro atoms. The van der Waals surface area contributed by atoms with Gasteiger partial charge in [0.05, 0.1) is 5.54 Å². The Kier molecular flexibility index (Phi) is 4.79. The van der Waals surface area contributed by atoms with E-state index in [1.54, 1.807) is 0 Å². The molecule has 1 aliphatic carbocycles. The highest BCUT2D eigenvalue weighted by atomic mass is 15.1. The Balaban J connectivity index is 1.97. The summed E-state index contributed by atoms with van der Waals surface area (Å²) >= 11 is 0. The second-order valence-electron chi connectivity index (χ2n) is 8.01. The molecule has 0 aromatic carbocycles. The molecule has 1 aliphatic heterocycles. The van der Waals surface area contributed by atoms with Gasteiger partial charge in [0.15, 0.2) is 0 Å². The second kappa shape index (κ2) is 6.09. The highest BCUT2D eigenvalue weighted by Crippen LogP contribution is 2.33. The molecule has 0 radical (unpaired) electrons. The zero-order valence-corrected chi connectivity index (χ0v) is 14.1. The van der Waals surface area contributed by atoms with Crippen LogP contribution < -0.4 is 16.8 Å². The molecule has 1 fully saturated rings. The minimum Gasteiger partial charge on any atom is -0.366 e. The quantitative estimate of drug-likeness (QED) is 0.748. The van der Waals surface area contributed by atoms with Crippen molar-refractivity contribution < 1.29 is 0 Å². The zero-order valence-electron chi connectivity index (χ0n) is 14.1. The van der Waals surface area contributed by atoms with Gasteiger partial charge in [-0.25, -0.2) is 4.99 Å². The molecule has 2 rings (SSSR count).